The number of ether oxygens (including phenoxy) is 1. The summed E-state index contributed by atoms with van der Waals surface area (Å²) in [4.78, 5) is 9.00. The second kappa shape index (κ2) is 4.97. The standard InChI is InChI=1S/C11H13N2O5P/c12-19(16,17)13-11-9(14)4-8(5-10(11)15)7-2-1-3-18-6-7/h1-2,4-6,14-15H,3H2,(H4,12,13,16,17). The van der Waals surface area contributed by atoms with Gasteiger partial charge >= 0.3 is 7.67 Å². The van der Waals surface area contributed by atoms with Crippen LogP contribution in [0.3, 0.4) is 0 Å². The second-order valence-corrected chi connectivity index (χ2v) is 5.40. The lowest BCUT2D eigenvalue weighted by Crippen LogP contribution is -2.04. The normalized spacial score (nSPS) is 17.3. The van der Waals surface area contributed by atoms with Crippen LogP contribution in [0.4, 0.5) is 5.69 Å². The number of benzene rings is 1. The monoisotopic (exact) mass is 284 g/mol. The number of rotatable bonds is 3. The lowest BCUT2D eigenvalue weighted by molar-refractivity contribution is 0.288. The van der Waals surface area contributed by atoms with Crippen LogP contribution in [0.5, 0.6) is 11.5 Å². The highest BCUT2D eigenvalue weighted by Gasteiger charge is 2.18. The molecule has 0 bridgehead atoms. The van der Waals surface area contributed by atoms with E-state index >= 15 is 0 Å². The van der Waals surface area contributed by atoms with Crippen molar-refractivity contribution in [3.8, 4) is 11.5 Å². The van der Waals surface area contributed by atoms with E-state index in [1.54, 1.807) is 12.2 Å². The van der Waals surface area contributed by atoms with Gasteiger partial charge in [-0.25, -0.2) is 10.1 Å². The summed E-state index contributed by atoms with van der Waals surface area (Å²) in [6, 6.07) is 2.64. The number of allylic oxidation sites excluding steroid dienone is 2. The third-order valence-electron chi connectivity index (χ3n) is 2.40. The second-order valence-electron chi connectivity index (χ2n) is 3.93. The summed E-state index contributed by atoms with van der Waals surface area (Å²) in [5.41, 5.74) is 5.79. The maximum Gasteiger partial charge on any atom is 0.360 e. The molecule has 0 spiro atoms. The van der Waals surface area contributed by atoms with Crippen molar-refractivity contribution in [1.29, 1.82) is 0 Å². The van der Waals surface area contributed by atoms with Gasteiger partial charge in [0.1, 0.15) is 23.8 Å². The molecular formula is C11H13N2O5P. The van der Waals surface area contributed by atoms with E-state index in [9.17, 15) is 14.8 Å². The molecule has 1 heterocycles. The molecule has 0 saturated carbocycles. The molecule has 0 radical (unpaired) electrons. The van der Waals surface area contributed by atoms with Crippen molar-refractivity contribution in [2.45, 2.75) is 0 Å². The Balaban J connectivity index is 2.39. The Hall–Kier alpha value is -1.95. The molecule has 2 rings (SSSR count). The fourth-order valence-corrected chi connectivity index (χ4v) is 2.17. The molecule has 1 unspecified atom stereocenters. The van der Waals surface area contributed by atoms with Gasteiger partial charge in [0.05, 0.1) is 6.26 Å². The van der Waals surface area contributed by atoms with E-state index in [0.717, 1.165) is 0 Å². The van der Waals surface area contributed by atoms with E-state index < -0.39 is 19.2 Å². The Morgan fingerprint density at radius 2 is 1.95 bits per heavy atom. The highest BCUT2D eigenvalue weighted by atomic mass is 31.2. The fraction of sp³-hybridized carbons (Fsp3) is 0.0909. The van der Waals surface area contributed by atoms with Crippen molar-refractivity contribution in [2.24, 2.45) is 5.50 Å². The molecule has 19 heavy (non-hydrogen) atoms. The average molecular weight is 284 g/mol. The van der Waals surface area contributed by atoms with Gasteiger partial charge in [-0.3, -0.25) is 5.09 Å². The van der Waals surface area contributed by atoms with Gasteiger partial charge in [0.25, 0.3) is 0 Å². The highest BCUT2D eigenvalue weighted by molar-refractivity contribution is 7.57. The van der Waals surface area contributed by atoms with Crippen LogP contribution in [0, 0.1) is 0 Å². The van der Waals surface area contributed by atoms with Crippen LogP contribution in [-0.4, -0.2) is 21.7 Å². The van der Waals surface area contributed by atoms with Crippen LogP contribution in [0.25, 0.3) is 5.57 Å². The highest BCUT2D eigenvalue weighted by Crippen LogP contribution is 2.43. The van der Waals surface area contributed by atoms with Crippen LogP contribution >= 0.6 is 7.67 Å². The molecule has 1 aliphatic heterocycles. The smallest absolute Gasteiger partial charge is 0.360 e. The minimum Gasteiger partial charge on any atom is -0.506 e. The number of phenolic OH excluding ortho intramolecular Hbond substituents is 2. The molecule has 0 saturated heterocycles. The predicted molar refractivity (Wildman–Crippen MR) is 70.5 cm³/mol. The number of aromatic hydroxyl groups is 2. The minimum absolute atomic E-state index is 0.293. The van der Waals surface area contributed by atoms with Crippen molar-refractivity contribution >= 4 is 18.9 Å². The molecule has 6 N–H and O–H groups in total. The van der Waals surface area contributed by atoms with Gasteiger partial charge in [0.15, 0.2) is 0 Å². The van der Waals surface area contributed by atoms with E-state index in [0.29, 0.717) is 17.7 Å². The molecular weight excluding hydrogens is 271 g/mol. The molecule has 1 aromatic carbocycles. The maximum absolute atomic E-state index is 11.0. The molecule has 1 aromatic rings. The van der Waals surface area contributed by atoms with Crippen molar-refractivity contribution < 1.29 is 24.4 Å². The van der Waals surface area contributed by atoms with Gasteiger partial charge in [-0.15, -0.1) is 0 Å². The Bertz CT molecular complexity index is 582. The summed E-state index contributed by atoms with van der Waals surface area (Å²) >= 11 is 0. The Morgan fingerprint density at radius 1 is 1.32 bits per heavy atom. The summed E-state index contributed by atoms with van der Waals surface area (Å²) in [5, 5.41) is 21.5. The maximum atomic E-state index is 11.0. The van der Waals surface area contributed by atoms with E-state index in [1.165, 1.54) is 18.4 Å². The first-order valence-corrected chi connectivity index (χ1v) is 7.04. The van der Waals surface area contributed by atoms with Crippen LogP contribution in [-0.2, 0) is 9.30 Å². The number of nitrogens with two attached hydrogens (primary N) is 1. The number of phenols is 2. The molecule has 7 nitrogen and oxygen atoms in total. The van der Waals surface area contributed by atoms with Gasteiger partial charge in [0, 0.05) is 5.57 Å². The third-order valence-corrected chi connectivity index (χ3v) is 2.95. The molecule has 8 heteroatoms. The largest absolute Gasteiger partial charge is 0.506 e. The number of hydrogen-bond donors (Lipinski definition) is 5. The summed E-state index contributed by atoms with van der Waals surface area (Å²) in [5.74, 6) is -0.788. The zero-order valence-electron chi connectivity index (χ0n) is 9.78. The van der Waals surface area contributed by atoms with Gasteiger partial charge in [-0.2, -0.15) is 0 Å². The molecule has 0 aliphatic carbocycles. The van der Waals surface area contributed by atoms with Crippen LogP contribution in [0.15, 0.2) is 30.5 Å². The van der Waals surface area contributed by atoms with Crippen molar-refractivity contribution in [2.75, 3.05) is 11.7 Å². The Kier molecular flexibility index (Phi) is 3.53. The zero-order valence-corrected chi connectivity index (χ0v) is 10.7. The van der Waals surface area contributed by atoms with Crippen molar-refractivity contribution in [3.63, 3.8) is 0 Å². The number of hydrogen-bond acceptors (Lipinski definition) is 4. The van der Waals surface area contributed by atoms with Crippen molar-refractivity contribution in [1.82, 2.24) is 0 Å². The Morgan fingerprint density at radius 3 is 2.42 bits per heavy atom. The lowest BCUT2D eigenvalue weighted by atomic mass is 10.0. The fourth-order valence-electron chi connectivity index (χ4n) is 1.63. The average Bonchev–Trinajstić information content (AvgIpc) is 2.33. The first kappa shape index (κ1) is 13.5. The quantitative estimate of drug-likeness (QED) is 0.420. The SMILES string of the molecule is NP(=O)(O)Nc1c(O)cc(C2=COCC=C2)cc1O. The minimum atomic E-state index is -4.11. The number of nitrogens with one attached hydrogen (secondary N) is 1. The summed E-state index contributed by atoms with van der Waals surface area (Å²) in [7, 11) is -4.11. The van der Waals surface area contributed by atoms with Crippen LogP contribution in [0.2, 0.25) is 0 Å². The molecule has 0 aromatic heterocycles. The van der Waals surface area contributed by atoms with Crippen molar-refractivity contribution in [3.05, 3.63) is 36.1 Å². The molecule has 1 atom stereocenters. The van der Waals surface area contributed by atoms with Gasteiger partial charge in [-0.1, -0.05) is 6.08 Å². The molecule has 0 fully saturated rings. The van der Waals surface area contributed by atoms with E-state index in [1.807, 2.05) is 5.09 Å². The first-order chi connectivity index (χ1) is 8.87. The predicted octanol–water partition coefficient (Wildman–Crippen LogP) is 1.50. The molecule has 0 amide bonds. The molecule has 102 valence electrons. The first-order valence-electron chi connectivity index (χ1n) is 5.31. The summed E-state index contributed by atoms with van der Waals surface area (Å²) in [6.45, 7) is 0.460. The van der Waals surface area contributed by atoms with E-state index in [2.05, 4.69) is 0 Å². The van der Waals surface area contributed by atoms with Gasteiger partial charge in [-0.05, 0) is 23.8 Å². The summed E-state index contributed by atoms with van der Waals surface area (Å²) in [6.07, 6.45) is 5.03. The molecule has 1 aliphatic rings. The number of anilines is 1. The van der Waals surface area contributed by atoms with Gasteiger partial charge < -0.3 is 19.8 Å². The summed E-state index contributed by atoms with van der Waals surface area (Å²) < 4.78 is 16.1. The Labute approximate surface area is 109 Å². The lowest BCUT2D eigenvalue weighted by Gasteiger charge is -2.15. The van der Waals surface area contributed by atoms with E-state index in [-0.39, 0.29) is 5.69 Å². The van der Waals surface area contributed by atoms with Crippen LogP contribution < -0.4 is 10.6 Å². The van der Waals surface area contributed by atoms with Gasteiger partial charge in [0.2, 0.25) is 0 Å². The van der Waals surface area contributed by atoms with Crippen LogP contribution in [0.1, 0.15) is 5.56 Å². The van der Waals surface area contributed by atoms with E-state index in [4.69, 9.17) is 15.1 Å². The third kappa shape index (κ3) is 3.29. The zero-order chi connectivity index (χ0) is 14.0. The topological polar surface area (TPSA) is 125 Å².